The van der Waals surface area contributed by atoms with Crippen LogP contribution in [0.25, 0.3) is 0 Å². The number of nitrogen functional groups attached to an aromatic ring is 1. The molecule has 25 heavy (non-hydrogen) atoms. The summed E-state index contributed by atoms with van der Waals surface area (Å²) in [6.45, 7) is 1.76. The van der Waals surface area contributed by atoms with Crippen LogP contribution in [0.3, 0.4) is 0 Å². The van der Waals surface area contributed by atoms with E-state index in [1.54, 1.807) is 6.92 Å². The molecule has 0 bridgehead atoms. The molecule has 6 nitrogen and oxygen atoms in total. The third kappa shape index (κ3) is 3.09. The summed E-state index contributed by atoms with van der Waals surface area (Å²) < 4.78 is 5.72. The Hall–Kier alpha value is -2.47. The minimum absolute atomic E-state index is 0.311. The van der Waals surface area contributed by atoms with Crippen LogP contribution in [0.15, 0.2) is 29.3 Å². The molecule has 6 heteroatoms. The molecule has 1 unspecified atom stereocenters. The van der Waals surface area contributed by atoms with E-state index in [2.05, 4.69) is 39.2 Å². The molecule has 130 valence electrons. The minimum Gasteiger partial charge on any atom is -0.451 e. The second kappa shape index (κ2) is 6.44. The quantitative estimate of drug-likeness (QED) is 0.876. The number of anilines is 1. The Morgan fingerprint density at radius 2 is 1.76 bits per heavy atom. The molecule has 1 fully saturated rings. The zero-order chi connectivity index (χ0) is 17.4. The monoisotopic (exact) mass is 337 g/mol. The first-order valence-electron chi connectivity index (χ1n) is 8.87. The molecule has 1 aliphatic heterocycles. The van der Waals surface area contributed by atoms with Crippen LogP contribution < -0.4 is 16.2 Å². The van der Waals surface area contributed by atoms with Crippen LogP contribution in [0.1, 0.15) is 55.0 Å². The van der Waals surface area contributed by atoms with E-state index in [-0.39, 0.29) is 0 Å². The number of aryl methyl sites for hydroxylation is 1. The summed E-state index contributed by atoms with van der Waals surface area (Å²) >= 11 is 0. The van der Waals surface area contributed by atoms with E-state index in [1.807, 2.05) is 0 Å². The highest BCUT2D eigenvalue weighted by molar-refractivity contribution is 6.06. The number of benzene rings is 1. The number of hydrogen-bond acceptors (Lipinski definition) is 6. The van der Waals surface area contributed by atoms with Gasteiger partial charge in [-0.05, 0) is 31.2 Å². The van der Waals surface area contributed by atoms with Crippen LogP contribution in [0.5, 0.6) is 5.88 Å². The van der Waals surface area contributed by atoms with Gasteiger partial charge < -0.3 is 10.5 Å². The highest BCUT2D eigenvalue weighted by Gasteiger charge is 2.26. The molecule has 4 N–H and O–H groups in total. The van der Waals surface area contributed by atoms with Gasteiger partial charge in [-0.3, -0.25) is 5.73 Å². The molecule has 1 atom stereocenters. The number of ether oxygens (including phenoxy) is 1. The Balaban J connectivity index is 1.65. The molecular weight excluding hydrogens is 314 g/mol. The Bertz CT molecular complexity index is 809. The van der Waals surface area contributed by atoms with Gasteiger partial charge in [-0.1, -0.05) is 43.5 Å². The lowest BCUT2D eigenvalue weighted by atomic mass is 9.84. The van der Waals surface area contributed by atoms with E-state index >= 15 is 0 Å². The molecule has 2 aliphatic rings. The molecule has 0 spiro atoms. The number of hydrogen-bond donors (Lipinski definition) is 2. The number of aliphatic imine (C=N–C) groups is 1. The van der Waals surface area contributed by atoms with E-state index in [4.69, 9.17) is 16.2 Å². The van der Waals surface area contributed by atoms with Crippen molar-refractivity contribution in [2.24, 2.45) is 10.7 Å². The first kappa shape index (κ1) is 16.0. The molecule has 2 aromatic rings. The lowest BCUT2D eigenvalue weighted by molar-refractivity contribution is 0.260. The number of nitrogens with two attached hydrogens (primary N) is 2. The van der Waals surface area contributed by atoms with Crippen molar-refractivity contribution in [3.05, 3.63) is 41.2 Å². The van der Waals surface area contributed by atoms with Crippen molar-refractivity contribution >= 4 is 17.2 Å². The first-order valence-corrected chi connectivity index (χ1v) is 8.87. The summed E-state index contributed by atoms with van der Waals surface area (Å²) in [4.78, 5) is 13.0. The normalized spacial score (nSPS) is 20.6. The van der Waals surface area contributed by atoms with Crippen molar-refractivity contribution in [3.63, 3.8) is 0 Å². The smallest absolute Gasteiger partial charge is 0.247 e. The van der Waals surface area contributed by atoms with Gasteiger partial charge in [0.25, 0.3) is 0 Å². The number of fused-ring (bicyclic) bond motifs is 1. The SMILES string of the molecule is Cc1nc(N)c2c(n1)OC(N)C(c1ccc(C3CCCCC3)cc1)=N2. The molecular formula is C19H23N5O. The number of nitrogens with zero attached hydrogens (tertiary/aromatic N) is 3. The van der Waals surface area contributed by atoms with Gasteiger partial charge in [0.15, 0.2) is 17.7 Å². The van der Waals surface area contributed by atoms with Crippen LogP contribution in [0, 0.1) is 6.92 Å². The molecule has 0 amide bonds. The van der Waals surface area contributed by atoms with E-state index in [1.165, 1.54) is 37.7 Å². The minimum atomic E-state index is -0.665. The van der Waals surface area contributed by atoms with E-state index in [9.17, 15) is 0 Å². The predicted molar refractivity (Wildman–Crippen MR) is 98.2 cm³/mol. The van der Waals surface area contributed by atoms with Gasteiger partial charge in [0, 0.05) is 5.56 Å². The van der Waals surface area contributed by atoms with Crippen molar-refractivity contribution in [3.8, 4) is 5.88 Å². The standard InChI is InChI=1S/C19H23N5O/c1-11-22-17(20)16-19(23-11)25-18(21)15(24-16)14-9-7-13(8-10-14)12-5-3-2-4-6-12/h7-10,12,18H,2-6,21H2,1H3,(H2,20,22,23). The van der Waals surface area contributed by atoms with Gasteiger partial charge in [-0.25, -0.2) is 9.98 Å². The van der Waals surface area contributed by atoms with Crippen molar-refractivity contribution in [1.82, 2.24) is 9.97 Å². The molecule has 4 rings (SSSR count). The van der Waals surface area contributed by atoms with Crippen LogP contribution in [0.4, 0.5) is 11.5 Å². The van der Waals surface area contributed by atoms with Crippen LogP contribution in [-0.2, 0) is 0 Å². The van der Waals surface area contributed by atoms with Crippen molar-refractivity contribution < 1.29 is 4.74 Å². The fraction of sp³-hybridized carbons (Fsp3) is 0.421. The predicted octanol–water partition coefficient (Wildman–Crippen LogP) is 3.21. The van der Waals surface area contributed by atoms with Crippen molar-refractivity contribution in [1.29, 1.82) is 0 Å². The van der Waals surface area contributed by atoms with Gasteiger partial charge >= 0.3 is 0 Å². The van der Waals surface area contributed by atoms with E-state index in [0.29, 0.717) is 34.8 Å². The Kier molecular flexibility index (Phi) is 4.13. The average Bonchev–Trinajstić information content (AvgIpc) is 2.62. The molecule has 0 saturated heterocycles. The maximum absolute atomic E-state index is 6.15. The van der Waals surface area contributed by atoms with Crippen LogP contribution >= 0.6 is 0 Å². The summed E-state index contributed by atoms with van der Waals surface area (Å²) in [7, 11) is 0. The second-order valence-electron chi connectivity index (χ2n) is 6.80. The van der Waals surface area contributed by atoms with E-state index in [0.717, 1.165) is 5.56 Å². The Labute approximate surface area is 147 Å². The molecule has 1 aromatic heterocycles. The molecule has 1 aliphatic carbocycles. The zero-order valence-electron chi connectivity index (χ0n) is 14.4. The topological polar surface area (TPSA) is 99.4 Å². The van der Waals surface area contributed by atoms with Crippen LogP contribution in [0.2, 0.25) is 0 Å². The fourth-order valence-electron chi connectivity index (χ4n) is 3.70. The van der Waals surface area contributed by atoms with Gasteiger partial charge in [-0.15, -0.1) is 0 Å². The summed E-state index contributed by atoms with van der Waals surface area (Å²) in [5.74, 6) is 1.87. The zero-order valence-corrected chi connectivity index (χ0v) is 14.4. The third-order valence-electron chi connectivity index (χ3n) is 5.01. The molecule has 1 saturated carbocycles. The molecule has 2 heterocycles. The van der Waals surface area contributed by atoms with Gasteiger partial charge in [0.1, 0.15) is 11.5 Å². The average molecular weight is 337 g/mol. The summed E-state index contributed by atoms with van der Waals surface area (Å²) in [5.41, 5.74) is 15.6. The summed E-state index contributed by atoms with van der Waals surface area (Å²) in [5, 5.41) is 0. The largest absolute Gasteiger partial charge is 0.451 e. The Morgan fingerprint density at radius 1 is 1.04 bits per heavy atom. The maximum Gasteiger partial charge on any atom is 0.247 e. The van der Waals surface area contributed by atoms with Gasteiger partial charge in [0.2, 0.25) is 5.88 Å². The Morgan fingerprint density at radius 3 is 2.48 bits per heavy atom. The lowest BCUT2D eigenvalue weighted by Gasteiger charge is -2.24. The highest BCUT2D eigenvalue weighted by Crippen LogP contribution is 2.36. The van der Waals surface area contributed by atoms with E-state index < -0.39 is 6.23 Å². The maximum atomic E-state index is 6.15. The lowest BCUT2D eigenvalue weighted by Crippen LogP contribution is -2.39. The highest BCUT2D eigenvalue weighted by atomic mass is 16.5. The first-order chi connectivity index (χ1) is 12.1. The third-order valence-corrected chi connectivity index (χ3v) is 5.01. The fourth-order valence-corrected chi connectivity index (χ4v) is 3.70. The molecule has 0 radical (unpaired) electrons. The van der Waals surface area contributed by atoms with Crippen molar-refractivity contribution in [2.75, 3.05) is 5.73 Å². The second-order valence-corrected chi connectivity index (χ2v) is 6.80. The summed E-state index contributed by atoms with van der Waals surface area (Å²) in [6, 6.07) is 8.51. The summed E-state index contributed by atoms with van der Waals surface area (Å²) in [6.07, 6.45) is 5.91. The van der Waals surface area contributed by atoms with Gasteiger partial charge in [0.05, 0.1) is 0 Å². The van der Waals surface area contributed by atoms with Crippen LogP contribution in [-0.4, -0.2) is 21.9 Å². The van der Waals surface area contributed by atoms with Gasteiger partial charge in [-0.2, -0.15) is 4.98 Å². The molecule has 1 aromatic carbocycles. The number of aromatic nitrogens is 2. The van der Waals surface area contributed by atoms with Crippen molar-refractivity contribution in [2.45, 2.75) is 51.2 Å². The number of rotatable bonds is 2.